The molecule has 2 N–H and O–H groups in total. The fourth-order valence-corrected chi connectivity index (χ4v) is 2.82. The van der Waals surface area contributed by atoms with Crippen LogP contribution in [-0.4, -0.2) is 43.5 Å². The van der Waals surface area contributed by atoms with Crippen LogP contribution in [0, 0.1) is 0 Å². The summed E-state index contributed by atoms with van der Waals surface area (Å²) >= 11 is 0. The van der Waals surface area contributed by atoms with Crippen LogP contribution >= 0.6 is 0 Å². The fourth-order valence-electron chi connectivity index (χ4n) is 2.82. The van der Waals surface area contributed by atoms with Crippen molar-refractivity contribution in [2.24, 2.45) is 0 Å². The van der Waals surface area contributed by atoms with Gasteiger partial charge in [-0.2, -0.15) is 0 Å². The van der Waals surface area contributed by atoms with E-state index in [9.17, 15) is 4.79 Å². The first-order valence-corrected chi connectivity index (χ1v) is 7.50. The molecule has 4 heteroatoms. The fraction of sp³-hybridized carbons (Fsp3) is 0.562. The molecular formula is C16H25N3O. The van der Waals surface area contributed by atoms with Crippen LogP contribution in [0.2, 0.25) is 0 Å². The molecule has 0 spiro atoms. The first-order chi connectivity index (χ1) is 9.72. The monoisotopic (exact) mass is 275 g/mol. The first-order valence-electron chi connectivity index (χ1n) is 7.50. The molecule has 1 saturated heterocycles. The van der Waals surface area contributed by atoms with Gasteiger partial charge in [-0.3, -0.25) is 9.69 Å². The van der Waals surface area contributed by atoms with Gasteiger partial charge in [0.2, 0.25) is 5.91 Å². The molecule has 20 heavy (non-hydrogen) atoms. The molecule has 1 aliphatic rings. The molecule has 1 aromatic carbocycles. The van der Waals surface area contributed by atoms with Gasteiger partial charge in [-0.25, -0.2) is 0 Å². The van der Waals surface area contributed by atoms with Crippen molar-refractivity contribution in [3.63, 3.8) is 0 Å². The summed E-state index contributed by atoms with van der Waals surface area (Å²) in [6, 6.07) is 8.57. The smallest absolute Gasteiger partial charge is 0.238 e. The van der Waals surface area contributed by atoms with Crippen molar-refractivity contribution in [2.45, 2.75) is 32.2 Å². The molecule has 110 valence electrons. The van der Waals surface area contributed by atoms with Crippen LogP contribution in [0.3, 0.4) is 0 Å². The van der Waals surface area contributed by atoms with E-state index in [0.29, 0.717) is 12.6 Å². The van der Waals surface area contributed by atoms with Crippen molar-refractivity contribution < 1.29 is 4.79 Å². The van der Waals surface area contributed by atoms with Crippen LogP contribution < -0.4 is 10.6 Å². The lowest BCUT2D eigenvalue weighted by molar-refractivity contribution is -0.117. The van der Waals surface area contributed by atoms with Crippen molar-refractivity contribution in [2.75, 3.05) is 32.0 Å². The summed E-state index contributed by atoms with van der Waals surface area (Å²) in [4.78, 5) is 14.4. The van der Waals surface area contributed by atoms with Crippen LogP contribution in [0.5, 0.6) is 0 Å². The van der Waals surface area contributed by atoms with Crippen LogP contribution in [0.1, 0.15) is 25.3 Å². The van der Waals surface area contributed by atoms with E-state index in [4.69, 9.17) is 0 Å². The molecule has 1 unspecified atom stereocenters. The van der Waals surface area contributed by atoms with Crippen LogP contribution in [0.4, 0.5) is 5.69 Å². The van der Waals surface area contributed by atoms with Gasteiger partial charge in [0.1, 0.15) is 0 Å². The van der Waals surface area contributed by atoms with Crippen molar-refractivity contribution in [1.29, 1.82) is 0 Å². The number of likely N-dealkylation sites (tertiary alicyclic amines) is 1. The van der Waals surface area contributed by atoms with Gasteiger partial charge in [0.15, 0.2) is 0 Å². The second-order valence-electron chi connectivity index (χ2n) is 5.43. The Balaban J connectivity index is 1.88. The van der Waals surface area contributed by atoms with Gasteiger partial charge < -0.3 is 10.6 Å². The predicted molar refractivity (Wildman–Crippen MR) is 83.0 cm³/mol. The number of nitrogens with zero attached hydrogens (tertiary/aromatic N) is 1. The summed E-state index contributed by atoms with van der Waals surface area (Å²) in [6.45, 7) is 4.59. The van der Waals surface area contributed by atoms with Gasteiger partial charge in [-0.1, -0.05) is 19.1 Å². The van der Waals surface area contributed by atoms with Gasteiger partial charge in [0, 0.05) is 18.3 Å². The van der Waals surface area contributed by atoms with E-state index < -0.39 is 0 Å². The van der Waals surface area contributed by atoms with Crippen LogP contribution in [0.25, 0.3) is 0 Å². The molecule has 0 aliphatic carbocycles. The third kappa shape index (κ3) is 4.05. The highest BCUT2D eigenvalue weighted by atomic mass is 16.2. The summed E-state index contributed by atoms with van der Waals surface area (Å²) in [7, 11) is 1.97. The maximum atomic E-state index is 12.1. The third-order valence-corrected chi connectivity index (χ3v) is 3.90. The number of carbonyl (C=O) groups is 1. The number of hydrogen-bond acceptors (Lipinski definition) is 3. The van der Waals surface area contributed by atoms with E-state index >= 15 is 0 Å². The summed E-state index contributed by atoms with van der Waals surface area (Å²) in [5.41, 5.74) is 2.15. The molecular weight excluding hydrogens is 250 g/mol. The second-order valence-corrected chi connectivity index (χ2v) is 5.43. The molecule has 1 heterocycles. The van der Waals surface area contributed by atoms with E-state index in [1.807, 2.05) is 25.2 Å². The number of hydrogen-bond donors (Lipinski definition) is 2. The molecule has 0 saturated carbocycles. The van der Waals surface area contributed by atoms with E-state index in [1.165, 1.54) is 18.4 Å². The lowest BCUT2D eigenvalue weighted by Gasteiger charge is -2.23. The van der Waals surface area contributed by atoms with Gasteiger partial charge in [0.05, 0.1) is 6.54 Å². The zero-order valence-corrected chi connectivity index (χ0v) is 12.5. The number of benzene rings is 1. The molecule has 1 fully saturated rings. The number of aryl methyl sites for hydroxylation is 1. The van der Waals surface area contributed by atoms with E-state index in [-0.39, 0.29) is 5.91 Å². The largest absolute Gasteiger partial charge is 0.325 e. The van der Waals surface area contributed by atoms with E-state index in [1.54, 1.807) is 0 Å². The van der Waals surface area contributed by atoms with Gasteiger partial charge >= 0.3 is 0 Å². The highest BCUT2D eigenvalue weighted by Crippen LogP contribution is 2.17. The minimum Gasteiger partial charge on any atom is -0.325 e. The Morgan fingerprint density at radius 2 is 2.30 bits per heavy atom. The minimum absolute atomic E-state index is 0.0845. The predicted octanol–water partition coefficient (Wildman–Crippen LogP) is 1.87. The maximum absolute atomic E-state index is 12.1. The number of likely N-dealkylation sites (N-methyl/N-ethyl adjacent to an activating group) is 1. The third-order valence-electron chi connectivity index (χ3n) is 3.90. The number of rotatable bonds is 6. The molecule has 1 aliphatic heterocycles. The van der Waals surface area contributed by atoms with E-state index in [0.717, 1.165) is 25.2 Å². The number of nitrogens with one attached hydrogen (secondary N) is 2. The minimum atomic E-state index is 0.0845. The van der Waals surface area contributed by atoms with Crippen LogP contribution in [-0.2, 0) is 11.2 Å². The number of anilines is 1. The van der Waals surface area contributed by atoms with Gasteiger partial charge in [-0.15, -0.1) is 0 Å². The quantitative estimate of drug-likeness (QED) is 0.833. The highest BCUT2D eigenvalue weighted by Gasteiger charge is 2.25. The normalized spacial score (nSPS) is 19.2. The number of carbonyl (C=O) groups excluding carboxylic acids is 1. The van der Waals surface area contributed by atoms with Gasteiger partial charge in [-0.05, 0) is 50.6 Å². The Hall–Kier alpha value is -1.39. The number of amides is 1. The first kappa shape index (κ1) is 15.0. The Kier molecular flexibility index (Phi) is 5.56. The van der Waals surface area contributed by atoms with Crippen molar-refractivity contribution in [1.82, 2.24) is 10.2 Å². The molecule has 1 aromatic rings. The Bertz CT molecular complexity index is 447. The van der Waals surface area contributed by atoms with Gasteiger partial charge in [0.25, 0.3) is 0 Å². The molecule has 2 rings (SSSR count). The van der Waals surface area contributed by atoms with Crippen molar-refractivity contribution in [3.8, 4) is 0 Å². The molecule has 0 radical (unpaired) electrons. The maximum Gasteiger partial charge on any atom is 0.238 e. The summed E-state index contributed by atoms with van der Waals surface area (Å²) in [5.74, 6) is 0.0845. The average Bonchev–Trinajstić information content (AvgIpc) is 2.86. The molecule has 1 amide bonds. The van der Waals surface area contributed by atoms with E-state index in [2.05, 4.69) is 28.5 Å². The average molecular weight is 275 g/mol. The molecule has 4 nitrogen and oxygen atoms in total. The zero-order valence-electron chi connectivity index (χ0n) is 12.5. The Morgan fingerprint density at radius 1 is 1.45 bits per heavy atom. The Labute approximate surface area is 121 Å². The van der Waals surface area contributed by atoms with Crippen LogP contribution in [0.15, 0.2) is 24.3 Å². The lowest BCUT2D eigenvalue weighted by atomic mass is 10.1. The zero-order chi connectivity index (χ0) is 14.4. The molecule has 1 atom stereocenters. The topological polar surface area (TPSA) is 44.4 Å². The summed E-state index contributed by atoms with van der Waals surface area (Å²) in [6.07, 6.45) is 3.35. The Morgan fingerprint density at radius 3 is 3.05 bits per heavy atom. The molecule has 0 aromatic heterocycles. The highest BCUT2D eigenvalue weighted by molar-refractivity contribution is 5.92. The van der Waals surface area contributed by atoms with Crippen molar-refractivity contribution >= 4 is 11.6 Å². The second kappa shape index (κ2) is 7.41. The lowest BCUT2D eigenvalue weighted by Crippen LogP contribution is -2.41. The summed E-state index contributed by atoms with van der Waals surface area (Å²) in [5, 5.41) is 6.21. The standard InChI is InChI=1S/C16H25N3O/c1-3-13-6-4-7-14(10-13)18-16(20)12-19-9-5-8-15(19)11-17-2/h4,6-7,10,15,17H,3,5,8-9,11-12H2,1-2H3,(H,18,20). The van der Waals surface area contributed by atoms with Crippen molar-refractivity contribution in [3.05, 3.63) is 29.8 Å². The summed E-state index contributed by atoms with van der Waals surface area (Å²) < 4.78 is 0. The SMILES string of the molecule is CCc1cccc(NC(=O)CN2CCCC2CNC)c1. The molecule has 0 bridgehead atoms.